The number of quaternary nitrogens is 1. The van der Waals surface area contributed by atoms with Crippen LogP contribution in [0.1, 0.15) is 27.2 Å². The van der Waals surface area contributed by atoms with Gasteiger partial charge in [0.05, 0.1) is 27.2 Å². The van der Waals surface area contributed by atoms with Gasteiger partial charge in [0.1, 0.15) is 12.1 Å². The smallest absolute Gasteiger partial charge is 0.407 e. The molecule has 0 aromatic carbocycles. The Balaban J connectivity index is 3.68. The van der Waals surface area contributed by atoms with Crippen LogP contribution in [0.15, 0.2) is 0 Å². The third-order valence-electron chi connectivity index (χ3n) is 2.31. The summed E-state index contributed by atoms with van der Waals surface area (Å²) in [7, 11) is 4.12. The monoisotopic (exact) mass is 247 g/mol. The number of carbonyl (C=O) groups excluding carboxylic acids is 1. The van der Waals surface area contributed by atoms with E-state index in [1.807, 2.05) is 20.8 Å². The number of hydrogen-bond acceptors (Lipinski definition) is 3. The number of rotatable bonds is 6. The van der Waals surface area contributed by atoms with Crippen LogP contribution in [0.3, 0.4) is 0 Å². The van der Waals surface area contributed by atoms with Crippen molar-refractivity contribution in [3.05, 3.63) is 0 Å². The van der Waals surface area contributed by atoms with E-state index in [0.717, 1.165) is 24.0 Å². The number of amides is 1. The van der Waals surface area contributed by atoms with Gasteiger partial charge in [0, 0.05) is 13.0 Å². The van der Waals surface area contributed by atoms with Crippen molar-refractivity contribution in [2.45, 2.75) is 32.8 Å². The quantitative estimate of drug-likeness (QED) is 0.543. The molecule has 102 valence electrons. The zero-order valence-corrected chi connectivity index (χ0v) is 11.7. The maximum Gasteiger partial charge on any atom is 0.407 e. The lowest BCUT2D eigenvalue weighted by Crippen LogP contribution is -2.44. The highest BCUT2D eigenvalue weighted by Gasteiger charge is 2.16. The molecule has 5 nitrogen and oxygen atoms in total. The Morgan fingerprint density at radius 3 is 2.35 bits per heavy atom. The summed E-state index contributed by atoms with van der Waals surface area (Å²) < 4.78 is 5.88. The highest BCUT2D eigenvalue weighted by atomic mass is 16.6. The number of ether oxygens (including phenoxy) is 1. The van der Waals surface area contributed by atoms with Gasteiger partial charge in [0.15, 0.2) is 0 Å². The number of carbonyl (C=O) groups is 1. The van der Waals surface area contributed by atoms with E-state index in [0.29, 0.717) is 6.54 Å². The molecule has 0 rings (SSSR count). The van der Waals surface area contributed by atoms with Gasteiger partial charge < -0.3 is 19.6 Å². The van der Waals surface area contributed by atoms with Crippen molar-refractivity contribution in [1.29, 1.82) is 0 Å². The molecular weight excluding hydrogens is 220 g/mol. The van der Waals surface area contributed by atoms with Gasteiger partial charge in [-0.1, -0.05) is 0 Å². The lowest BCUT2D eigenvalue weighted by molar-refractivity contribution is -0.890. The predicted molar refractivity (Wildman–Crippen MR) is 67.8 cm³/mol. The van der Waals surface area contributed by atoms with Crippen molar-refractivity contribution in [3.63, 3.8) is 0 Å². The first-order valence-electron chi connectivity index (χ1n) is 6.06. The van der Waals surface area contributed by atoms with E-state index in [1.165, 1.54) is 0 Å². The number of nitrogens with one attached hydrogen (secondary N) is 1. The Labute approximate surface area is 104 Å². The zero-order chi connectivity index (χ0) is 13.5. The predicted octanol–water partition coefficient (Wildman–Crippen LogP) is 0.970. The number of nitrogens with zero attached hydrogens (tertiary/aromatic N) is 1. The molecule has 0 aliphatic rings. The van der Waals surface area contributed by atoms with Crippen LogP contribution in [-0.2, 0) is 4.74 Å². The van der Waals surface area contributed by atoms with Crippen molar-refractivity contribution >= 4 is 6.09 Å². The van der Waals surface area contributed by atoms with Gasteiger partial charge in [0.25, 0.3) is 0 Å². The molecule has 17 heavy (non-hydrogen) atoms. The summed E-state index contributed by atoms with van der Waals surface area (Å²) in [5.74, 6) is 0. The van der Waals surface area contributed by atoms with E-state index in [1.54, 1.807) is 0 Å². The minimum atomic E-state index is -0.448. The van der Waals surface area contributed by atoms with E-state index < -0.39 is 5.60 Å². The van der Waals surface area contributed by atoms with Crippen molar-refractivity contribution < 1.29 is 19.1 Å². The SMILES string of the molecule is CC(C)(C)OC(=O)NCCC[N+](C)(C)CCO. The zero-order valence-electron chi connectivity index (χ0n) is 11.7. The summed E-state index contributed by atoms with van der Waals surface area (Å²) in [6, 6.07) is 0. The van der Waals surface area contributed by atoms with Crippen LogP contribution < -0.4 is 5.32 Å². The molecule has 0 spiro atoms. The van der Waals surface area contributed by atoms with E-state index in [-0.39, 0.29) is 12.7 Å². The number of alkyl carbamates (subject to hydrolysis) is 1. The minimum Gasteiger partial charge on any atom is -0.444 e. The lowest BCUT2D eigenvalue weighted by atomic mass is 10.2. The van der Waals surface area contributed by atoms with Gasteiger partial charge in [-0.25, -0.2) is 4.79 Å². The molecule has 0 unspecified atom stereocenters. The van der Waals surface area contributed by atoms with Crippen LogP contribution in [-0.4, -0.2) is 61.6 Å². The van der Waals surface area contributed by atoms with Crippen molar-refractivity contribution in [2.75, 3.05) is 40.3 Å². The highest BCUT2D eigenvalue weighted by Crippen LogP contribution is 2.06. The van der Waals surface area contributed by atoms with Gasteiger partial charge >= 0.3 is 6.09 Å². The first-order valence-corrected chi connectivity index (χ1v) is 6.06. The summed E-state index contributed by atoms with van der Waals surface area (Å²) in [5.41, 5.74) is -0.448. The van der Waals surface area contributed by atoms with E-state index >= 15 is 0 Å². The van der Waals surface area contributed by atoms with Crippen LogP contribution >= 0.6 is 0 Å². The van der Waals surface area contributed by atoms with Gasteiger partial charge in [-0.2, -0.15) is 0 Å². The molecule has 0 heterocycles. The van der Waals surface area contributed by atoms with Crippen LogP contribution in [0, 0.1) is 0 Å². The topological polar surface area (TPSA) is 58.6 Å². The Morgan fingerprint density at radius 1 is 1.29 bits per heavy atom. The molecule has 0 aromatic rings. The van der Waals surface area contributed by atoms with Crippen LogP contribution in [0.5, 0.6) is 0 Å². The highest BCUT2D eigenvalue weighted by molar-refractivity contribution is 5.67. The first kappa shape index (κ1) is 16.2. The lowest BCUT2D eigenvalue weighted by Gasteiger charge is -2.29. The molecule has 5 heteroatoms. The molecule has 0 radical (unpaired) electrons. The molecule has 0 aliphatic heterocycles. The fourth-order valence-corrected chi connectivity index (χ4v) is 1.39. The van der Waals surface area contributed by atoms with E-state index in [2.05, 4.69) is 19.4 Å². The van der Waals surface area contributed by atoms with Crippen LogP contribution in [0.4, 0.5) is 4.79 Å². The minimum absolute atomic E-state index is 0.187. The third kappa shape index (κ3) is 10.1. The summed E-state index contributed by atoms with van der Waals surface area (Å²) in [5, 5.41) is 11.6. The van der Waals surface area contributed by atoms with Gasteiger partial charge in [-0.05, 0) is 20.8 Å². The van der Waals surface area contributed by atoms with Gasteiger partial charge in [-0.3, -0.25) is 0 Å². The summed E-state index contributed by atoms with van der Waals surface area (Å²) in [4.78, 5) is 11.3. The fourth-order valence-electron chi connectivity index (χ4n) is 1.39. The van der Waals surface area contributed by atoms with E-state index in [4.69, 9.17) is 9.84 Å². The molecule has 0 bridgehead atoms. The largest absolute Gasteiger partial charge is 0.444 e. The maximum atomic E-state index is 11.3. The fraction of sp³-hybridized carbons (Fsp3) is 0.917. The molecule has 0 saturated carbocycles. The molecule has 0 aromatic heterocycles. The van der Waals surface area contributed by atoms with Crippen LogP contribution in [0.25, 0.3) is 0 Å². The maximum absolute atomic E-state index is 11.3. The number of aliphatic hydroxyl groups is 1. The molecular formula is C12H27N2O3+. The summed E-state index contributed by atoms with van der Waals surface area (Å²) >= 11 is 0. The molecule has 0 atom stereocenters. The Morgan fingerprint density at radius 2 is 1.88 bits per heavy atom. The number of likely N-dealkylation sites (N-methyl/N-ethyl adjacent to an activating group) is 1. The first-order chi connectivity index (χ1) is 7.66. The second-order valence-corrected chi connectivity index (χ2v) is 5.89. The normalized spacial score (nSPS) is 12.4. The Kier molecular flexibility index (Phi) is 6.49. The standard InChI is InChI=1S/C12H26N2O3/c1-12(2,3)17-11(16)13-7-6-8-14(4,5)9-10-15/h15H,6-10H2,1-5H3/p+1. The summed E-state index contributed by atoms with van der Waals surface area (Å²) in [6.07, 6.45) is 0.497. The summed E-state index contributed by atoms with van der Waals surface area (Å²) in [6.45, 7) is 7.95. The van der Waals surface area contributed by atoms with Gasteiger partial charge in [0.2, 0.25) is 0 Å². The van der Waals surface area contributed by atoms with Crippen molar-refractivity contribution in [3.8, 4) is 0 Å². The van der Waals surface area contributed by atoms with E-state index in [9.17, 15) is 4.79 Å². The molecule has 2 N–H and O–H groups in total. The molecule has 1 amide bonds. The third-order valence-corrected chi connectivity index (χ3v) is 2.31. The molecule has 0 aliphatic carbocycles. The average molecular weight is 247 g/mol. The van der Waals surface area contributed by atoms with Crippen molar-refractivity contribution in [1.82, 2.24) is 5.32 Å². The second kappa shape index (κ2) is 6.81. The Hall–Kier alpha value is -0.810. The average Bonchev–Trinajstić information content (AvgIpc) is 2.09. The molecule has 0 saturated heterocycles. The Bertz CT molecular complexity index is 234. The van der Waals surface area contributed by atoms with Crippen LogP contribution in [0.2, 0.25) is 0 Å². The number of hydrogen-bond donors (Lipinski definition) is 2. The second-order valence-electron chi connectivity index (χ2n) is 5.89. The molecule has 0 fully saturated rings. The number of aliphatic hydroxyl groups excluding tert-OH is 1. The van der Waals surface area contributed by atoms with Crippen molar-refractivity contribution in [2.24, 2.45) is 0 Å². The van der Waals surface area contributed by atoms with Gasteiger partial charge in [-0.15, -0.1) is 0 Å².